The summed E-state index contributed by atoms with van der Waals surface area (Å²) in [6.07, 6.45) is -4.09. The standard InChI is InChI=1S/C36H36ClF5N6O5S/c1-35(2,3)53-34(50)46-32-20(12-43)23-19(5-6-21(39)30(23)54-32)24-26(37)29-25-28(27(24)42)44-33(51-16-36-8-4-9-48(36)13-17(38)11-36)45-31(25)47(14-22(40)41)10-7-18(15-49)52-29/h5-6,17-18,22,49H,4,7-11,13-16H2,1-3H3,(H,46,50)/t17-,18?,36+/m1/s1. The van der Waals surface area contributed by atoms with Crippen molar-refractivity contribution in [2.24, 2.45) is 0 Å². The molecule has 11 nitrogen and oxygen atoms in total. The average molecular weight is 795 g/mol. The quantitative estimate of drug-likeness (QED) is 0.170. The number of benzene rings is 2. The minimum absolute atomic E-state index is 0.0347. The zero-order valence-electron chi connectivity index (χ0n) is 29.5. The van der Waals surface area contributed by atoms with Gasteiger partial charge in [-0.15, -0.1) is 11.3 Å². The molecule has 0 aliphatic carbocycles. The zero-order chi connectivity index (χ0) is 38.7. The lowest BCUT2D eigenvalue weighted by Gasteiger charge is -2.32. The van der Waals surface area contributed by atoms with E-state index in [2.05, 4.69) is 15.3 Å². The highest BCUT2D eigenvalue weighted by Crippen LogP contribution is 2.51. The number of nitrogens with zero attached hydrogens (tertiary/aromatic N) is 5. The summed E-state index contributed by atoms with van der Waals surface area (Å²) in [7, 11) is 0. The smallest absolute Gasteiger partial charge is 0.412 e. The number of nitriles is 1. The van der Waals surface area contributed by atoms with Crippen LogP contribution in [0.2, 0.25) is 5.02 Å². The minimum Gasteiger partial charge on any atom is -0.486 e. The Balaban J connectivity index is 1.45. The van der Waals surface area contributed by atoms with E-state index in [0.717, 1.165) is 23.8 Å². The molecule has 2 aromatic carbocycles. The highest BCUT2D eigenvalue weighted by atomic mass is 35.5. The molecule has 3 atom stereocenters. The van der Waals surface area contributed by atoms with E-state index >= 15 is 8.78 Å². The SMILES string of the molecule is CC(C)(C)OC(=O)Nc1sc2c(F)ccc(-c3c(Cl)c4c5c(nc(OC[C@@]67CCCN6C[C@H](F)C7)nc5c3F)N(CC(F)F)CCC(CO)O4)c2c1C#N. The number of halogens is 6. The Morgan fingerprint density at radius 3 is 2.74 bits per heavy atom. The molecule has 2 N–H and O–H groups in total. The van der Waals surface area contributed by atoms with Crippen molar-refractivity contribution in [2.75, 3.05) is 49.6 Å². The number of rotatable bonds is 8. The monoisotopic (exact) mass is 794 g/mol. The number of hydrogen-bond acceptors (Lipinski definition) is 11. The van der Waals surface area contributed by atoms with Crippen LogP contribution in [0.4, 0.5) is 37.6 Å². The normalized spacial score (nSPS) is 21.6. The van der Waals surface area contributed by atoms with Crippen molar-refractivity contribution < 1.29 is 46.1 Å². The van der Waals surface area contributed by atoms with Crippen LogP contribution < -0.4 is 19.7 Å². The lowest BCUT2D eigenvalue weighted by molar-refractivity contribution is 0.0636. The second-order valence-electron chi connectivity index (χ2n) is 14.6. The molecule has 0 spiro atoms. The van der Waals surface area contributed by atoms with Crippen molar-refractivity contribution in [1.82, 2.24) is 14.9 Å². The van der Waals surface area contributed by atoms with Crippen molar-refractivity contribution in [3.63, 3.8) is 0 Å². The number of thiophene rings is 1. The fourth-order valence-electron chi connectivity index (χ4n) is 7.60. The summed E-state index contributed by atoms with van der Waals surface area (Å²) in [5.74, 6) is -2.27. The van der Waals surface area contributed by atoms with Gasteiger partial charge in [-0.25, -0.2) is 26.7 Å². The van der Waals surface area contributed by atoms with Crippen LogP contribution in [0.25, 0.3) is 32.1 Å². The van der Waals surface area contributed by atoms with Crippen LogP contribution in [0.1, 0.15) is 52.0 Å². The Hall–Kier alpha value is -4.24. The van der Waals surface area contributed by atoms with Crippen molar-refractivity contribution >= 4 is 60.8 Å². The number of ether oxygens (including phenoxy) is 3. The molecule has 2 saturated heterocycles. The zero-order valence-corrected chi connectivity index (χ0v) is 31.0. The van der Waals surface area contributed by atoms with Gasteiger partial charge in [-0.3, -0.25) is 10.2 Å². The molecule has 2 aromatic heterocycles. The van der Waals surface area contributed by atoms with Gasteiger partial charge in [-0.1, -0.05) is 17.7 Å². The first kappa shape index (κ1) is 38.1. The van der Waals surface area contributed by atoms with Gasteiger partial charge in [0.15, 0.2) is 11.6 Å². The number of anilines is 2. The Morgan fingerprint density at radius 2 is 2.04 bits per heavy atom. The van der Waals surface area contributed by atoms with E-state index in [9.17, 15) is 28.3 Å². The number of amides is 1. The minimum atomic E-state index is -2.85. The number of aliphatic hydroxyl groups is 1. The van der Waals surface area contributed by atoms with E-state index in [1.165, 1.54) is 11.0 Å². The van der Waals surface area contributed by atoms with E-state index in [-0.39, 0.29) is 92.3 Å². The van der Waals surface area contributed by atoms with Gasteiger partial charge < -0.3 is 24.2 Å². The highest BCUT2D eigenvalue weighted by Gasteiger charge is 2.49. The van der Waals surface area contributed by atoms with Crippen LogP contribution in [-0.2, 0) is 4.74 Å². The Morgan fingerprint density at radius 1 is 1.26 bits per heavy atom. The van der Waals surface area contributed by atoms with Gasteiger partial charge in [0.25, 0.3) is 6.43 Å². The van der Waals surface area contributed by atoms with E-state index in [4.69, 9.17) is 25.8 Å². The number of fused-ring (bicyclic) bond motifs is 2. The summed E-state index contributed by atoms with van der Waals surface area (Å²) in [5.41, 5.74) is -2.65. The van der Waals surface area contributed by atoms with Gasteiger partial charge in [0.1, 0.15) is 52.7 Å². The number of alkyl halides is 3. The van der Waals surface area contributed by atoms with Gasteiger partial charge >= 0.3 is 12.1 Å². The molecule has 3 aliphatic rings. The van der Waals surface area contributed by atoms with Gasteiger partial charge in [0.05, 0.1) is 39.4 Å². The Bertz CT molecular complexity index is 2180. The maximum absolute atomic E-state index is 17.4. The first-order valence-corrected chi connectivity index (χ1v) is 18.5. The summed E-state index contributed by atoms with van der Waals surface area (Å²) in [6.45, 7) is 4.34. The van der Waals surface area contributed by atoms with Crippen LogP contribution >= 0.6 is 22.9 Å². The van der Waals surface area contributed by atoms with Gasteiger partial charge in [-0.05, 0) is 51.8 Å². The molecular formula is C36H36ClF5N6O5S. The fraction of sp³-hybridized carbons (Fsp3) is 0.500. The summed E-state index contributed by atoms with van der Waals surface area (Å²) >= 11 is 7.72. The predicted molar refractivity (Wildman–Crippen MR) is 193 cm³/mol. The number of carbonyl (C=O) groups is 1. The molecule has 3 aliphatic heterocycles. The molecule has 0 radical (unpaired) electrons. The number of carbonyl (C=O) groups excluding carboxylic acids is 1. The lowest BCUT2D eigenvalue weighted by atomic mass is 9.95. The predicted octanol–water partition coefficient (Wildman–Crippen LogP) is 7.83. The van der Waals surface area contributed by atoms with Gasteiger partial charge in [-0.2, -0.15) is 15.2 Å². The number of nitrogens with one attached hydrogen (secondary N) is 1. The van der Waals surface area contributed by atoms with Crippen LogP contribution in [0.5, 0.6) is 11.8 Å². The topological polar surface area (TPSA) is 133 Å². The molecule has 0 saturated carbocycles. The summed E-state index contributed by atoms with van der Waals surface area (Å²) in [4.78, 5) is 24.8. The second-order valence-corrected chi connectivity index (χ2v) is 16.0. The van der Waals surface area contributed by atoms with Crippen molar-refractivity contribution in [3.8, 4) is 29.0 Å². The van der Waals surface area contributed by atoms with Crippen LogP contribution in [0.3, 0.4) is 0 Å². The second kappa shape index (κ2) is 14.4. The third-order valence-corrected chi connectivity index (χ3v) is 11.3. The first-order chi connectivity index (χ1) is 25.6. The maximum Gasteiger partial charge on any atom is 0.412 e. The molecule has 288 valence electrons. The van der Waals surface area contributed by atoms with Crippen molar-refractivity contribution in [3.05, 3.63) is 34.4 Å². The van der Waals surface area contributed by atoms with Crippen LogP contribution in [0, 0.1) is 23.0 Å². The number of aliphatic hydroxyl groups excluding tert-OH is 1. The molecule has 2 fully saturated rings. The Kier molecular flexibility index (Phi) is 10.2. The van der Waals surface area contributed by atoms with Gasteiger partial charge in [0.2, 0.25) is 0 Å². The van der Waals surface area contributed by atoms with E-state index in [0.29, 0.717) is 13.0 Å². The maximum atomic E-state index is 17.4. The Labute approximate surface area is 315 Å². The molecule has 0 bridgehead atoms. The average Bonchev–Trinajstić information content (AvgIpc) is 3.75. The molecule has 1 amide bonds. The molecule has 7 rings (SSSR count). The van der Waals surface area contributed by atoms with Crippen molar-refractivity contribution in [1.29, 1.82) is 5.26 Å². The third-order valence-electron chi connectivity index (χ3n) is 9.83. The van der Waals surface area contributed by atoms with E-state index in [1.54, 1.807) is 20.8 Å². The van der Waals surface area contributed by atoms with Gasteiger partial charge in [0, 0.05) is 36.9 Å². The van der Waals surface area contributed by atoms with Crippen LogP contribution in [0.15, 0.2) is 12.1 Å². The third kappa shape index (κ3) is 6.93. The first-order valence-electron chi connectivity index (χ1n) is 17.3. The molecule has 4 aromatic rings. The molecule has 1 unspecified atom stereocenters. The number of aromatic nitrogens is 2. The molecule has 54 heavy (non-hydrogen) atoms. The van der Waals surface area contributed by atoms with Crippen molar-refractivity contribution in [2.45, 2.75) is 76.3 Å². The molecule has 18 heteroatoms. The highest BCUT2D eigenvalue weighted by molar-refractivity contribution is 7.23. The van der Waals surface area contributed by atoms with E-state index < -0.39 is 66.2 Å². The van der Waals surface area contributed by atoms with Crippen LogP contribution in [-0.4, -0.2) is 95.3 Å². The van der Waals surface area contributed by atoms with E-state index in [1.807, 2.05) is 11.0 Å². The summed E-state index contributed by atoms with van der Waals surface area (Å²) in [6, 6.07) is 3.86. The summed E-state index contributed by atoms with van der Waals surface area (Å²) in [5, 5.41) is 22.3. The fourth-order valence-corrected chi connectivity index (χ4v) is 8.99. The number of hydrogen-bond donors (Lipinski definition) is 2. The largest absolute Gasteiger partial charge is 0.486 e. The summed E-state index contributed by atoms with van der Waals surface area (Å²) < 4.78 is 93.0. The molecular weight excluding hydrogens is 759 g/mol. The lowest BCUT2D eigenvalue weighted by Crippen LogP contribution is -2.43. The molecule has 5 heterocycles.